The molecule has 2 amide bonds. The van der Waals surface area contributed by atoms with E-state index in [1.807, 2.05) is 103 Å². The standard InChI is InChI=1S/C38H40N4O4/c1-38(24-29-25-40-33-20-9-8-19-32(29)33,36(43)41-35(28-14-4-2-5-15-28)34-21-10-11-22-39-34)42-37(44)45-26-27-13-12-18-31(23-27)46-30-16-6-3-7-17-30/h3,6-13,16-23,25,28,35,40H,2,4-5,14-15,24,26H2,1H3,(H,41,43)(H,42,44)/t35?,38-/m0/s1. The van der Waals surface area contributed by atoms with Gasteiger partial charge in [0.1, 0.15) is 23.6 Å². The Labute approximate surface area is 269 Å². The van der Waals surface area contributed by atoms with Crippen molar-refractivity contribution in [3.8, 4) is 11.5 Å². The number of para-hydroxylation sites is 2. The van der Waals surface area contributed by atoms with Crippen molar-refractivity contribution < 1.29 is 19.1 Å². The molecule has 0 saturated heterocycles. The van der Waals surface area contributed by atoms with Crippen LogP contribution in [0.2, 0.25) is 0 Å². The second-order valence-corrected chi connectivity index (χ2v) is 12.2. The maximum Gasteiger partial charge on any atom is 0.408 e. The number of H-pyrrole nitrogens is 1. The van der Waals surface area contributed by atoms with Crippen molar-refractivity contribution in [3.05, 3.63) is 126 Å². The fraction of sp³-hybridized carbons (Fsp3) is 0.289. The molecule has 3 aromatic carbocycles. The number of hydrogen-bond donors (Lipinski definition) is 3. The maximum atomic E-state index is 14.3. The Morgan fingerprint density at radius 3 is 2.48 bits per heavy atom. The number of hydrogen-bond acceptors (Lipinski definition) is 5. The van der Waals surface area contributed by atoms with Gasteiger partial charge in [-0.2, -0.15) is 0 Å². The molecule has 8 nitrogen and oxygen atoms in total. The molecule has 1 aliphatic carbocycles. The zero-order chi connectivity index (χ0) is 31.8. The molecule has 236 valence electrons. The lowest BCUT2D eigenvalue weighted by atomic mass is 9.81. The van der Waals surface area contributed by atoms with Crippen LogP contribution in [-0.2, 0) is 22.6 Å². The van der Waals surface area contributed by atoms with E-state index in [4.69, 9.17) is 9.47 Å². The van der Waals surface area contributed by atoms with Gasteiger partial charge in [0.25, 0.3) is 0 Å². The average molecular weight is 617 g/mol. The van der Waals surface area contributed by atoms with Crippen LogP contribution < -0.4 is 15.4 Å². The van der Waals surface area contributed by atoms with E-state index in [2.05, 4.69) is 20.6 Å². The molecule has 5 aromatic rings. The Kier molecular flexibility index (Phi) is 9.62. The van der Waals surface area contributed by atoms with Crippen molar-refractivity contribution in [3.63, 3.8) is 0 Å². The first-order valence-electron chi connectivity index (χ1n) is 16.0. The summed E-state index contributed by atoms with van der Waals surface area (Å²) in [6, 6.07) is 30.4. The van der Waals surface area contributed by atoms with E-state index in [9.17, 15) is 9.59 Å². The van der Waals surface area contributed by atoms with Gasteiger partial charge in [-0.05, 0) is 79.3 Å². The van der Waals surface area contributed by atoms with Gasteiger partial charge < -0.3 is 25.1 Å². The Balaban J connectivity index is 1.21. The van der Waals surface area contributed by atoms with Gasteiger partial charge in [0, 0.05) is 29.7 Å². The smallest absolute Gasteiger partial charge is 0.408 e. The van der Waals surface area contributed by atoms with Gasteiger partial charge in [0.15, 0.2) is 0 Å². The summed E-state index contributed by atoms with van der Waals surface area (Å²) in [6.45, 7) is 1.78. The van der Waals surface area contributed by atoms with Crippen LogP contribution in [0.25, 0.3) is 10.9 Å². The molecule has 0 spiro atoms. The summed E-state index contributed by atoms with van der Waals surface area (Å²) in [7, 11) is 0. The van der Waals surface area contributed by atoms with E-state index >= 15 is 0 Å². The maximum absolute atomic E-state index is 14.3. The van der Waals surface area contributed by atoms with Gasteiger partial charge in [-0.1, -0.05) is 73.9 Å². The van der Waals surface area contributed by atoms with Gasteiger partial charge in [-0.15, -0.1) is 0 Å². The number of amides is 2. The number of ether oxygens (including phenoxy) is 2. The lowest BCUT2D eigenvalue weighted by molar-refractivity contribution is -0.128. The highest BCUT2D eigenvalue weighted by molar-refractivity contribution is 5.91. The minimum Gasteiger partial charge on any atom is -0.457 e. The number of nitrogens with one attached hydrogen (secondary N) is 3. The predicted molar refractivity (Wildman–Crippen MR) is 178 cm³/mol. The quantitative estimate of drug-likeness (QED) is 0.139. The SMILES string of the molecule is C[C@@](Cc1c[nH]c2ccccc12)(NC(=O)OCc1cccc(Oc2ccccc2)c1)C(=O)NC(c1ccccn1)C1CCCCC1. The first-order valence-corrected chi connectivity index (χ1v) is 16.0. The van der Waals surface area contributed by atoms with E-state index in [0.29, 0.717) is 5.75 Å². The summed E-state index contributed by atoms with van der Waals surface area (Å²) >= 11 is 0. The molecule has 6 rings (SSSR count). The van der Waals surface area contributed by atoms with Crippen LogP contribution in [-0.4, -0.2) is 27.5 Å². The van der Waals surface area contributed by atoms with Gasteiger partial charge in [-0.3, -0.25) is 9.78 Å². The summed E-state index contributed by atoms with van der Waals surface area (Å²) in [4.78, 5) is 35.7. The zero-order valence-corrected chi connectivity index (χ0v) is 26.1. The molecule has 46 heavy (non-hydrogen) atoms. The normalized spacial score (nSPS) is 15.4. The number of benzene rings is 3. The number of nitrogens with zero attached hydrogens (tertiary/aromatic N) is 1. The van der Waals surface area contributed by atoms with Crippen molar-refractivity contribution in [2.24, 2.45) is 5.92 Å². The van der Waals surface area contributed by atoms with Crippen LogP contribution in [0, 0.1) is 5.92 Å². The Bertz CT molecular complexity index is 1750. The number of rotatable bonds is 11. The lowest BCUT2D eigenvalue weighted by Gasteiger charge is -2.35. The molecule has 0 radical (unpaired) electrons. The van der Waals surface area contributed by atoms with E-state index in [-0.39, 0.29) is 30.9 Å². The minimum atomic E-state index is -1.32. The molecule has 1 aliphatic rings. The summed E-state index contributed by atoms with van der Waals surface area (Å²) in [6.07, 6.45) is 8.73. The van der Waals surface area contributed by atoms with Crippen LogP contribution in [0.4, 0.5) is 4.79 Å². The van der Waals surface area contributed by atoms with Crippen LogP contribution in [0.15, 0.2) is 109 Å². The number of pyridine rings is 1. The third-order valence-electron chi connectivity index (χ3n) is 8.76. The fourth-order valence-corrected chi connectivity index (χ4v) is 6.33. The van der Waals surface area contributed by atoms with Crippen molar-refractivity contribution in [2.45, 2.75) is 63.6 Å². The molecule has 1 fully saturated rings. The lowest BCUT2D eigenvalue weighted by Crippen LogP contribution is -2.59. The molecule has 2 atom stereocenters. The molecular weight excluding hydrogens is 576 g/mol. The van der Waals surface area contributed by atoms with Crippen molar-refractivity contribution in [1.29, 1.82) is 0 Å². The van der Waals surface area contributed by atoms with Gasteiger partial charge >= 0.3 is 6.09 Å². The Morgan fingerprint density at radius 1 is 0.913 bits per heavy atom. The molecule has 2 heterocycles. The first kappa shape index (κ1) is 30.9. The second-order valence-electron chi connectivity index (χ2n) is 12.2. The summed E-state index contributed by atoms with van der Waals surface area (Å²) in [5.41, 5.74) is 2.17. The largest absolute Gasteiger partial charge is 0.457 e. The molecule has 1 saturated carbocycles. The molecule has 0 bridgehead atoms. The first-order chi connectivity index (χ1) is 22.5. The molecular formula is C38H40N4O4. The topological polar surface area (TPSA) is 105 Å². The van der Waals surface area contributed by atoms with E-state index in [1.54, 1.807) is 13.1 Å². The van der Waals surface area contributed by atoms with Crippen LogP contribution in [0.3, 0.4) is 0 Å². The number of fused-ring (bicyclic) bond motifs is 1. The van der Waals surface area contributed by atoms with Crippen molar-refractivity contribution in [2.75, 3.05) is 0 Å². The highest BCUT2D eigenvalue weighted by Crippen LogP contribution is 2.34. The number of carbonyl (C=O) groups is 2. The number of alkyl carbamates (subject to hydrolysis) is 1. The van der Waals surface area contributed by atoms with E-state index < -0.39 is 11.6 Å². The average Bonchev–Trinajstić information content (AvgIpc) is 3.49. The van der Waals surface area contributed by atoms with Crippen molar-refractivity contribution >= 4 is 22.9 Å². The number of aromatic nitrogens is 2. The third-order valence-corrected chi connectivity index (χ3v) is 8.76. The Hall–Kier alpha value is -5.11. The number of aromatic amines is 1. The monoisotopic (exact) mass is 616 g/mol. The molecule has 3 N–H and O–H groups in total. The summed E-state index contributed by atoms with van der Waals surface area (Å²) in [5, 5.41) is 7.26. The number of carbonyl (C=O) groups excluding carboxylic acids is 2. The molecule has 8 heteroatoms. The van der Waals surface area contributed by atoms with Crippen LogP contribution >= 0.6 is 0 Å². The molecule has 0 aliphatic heterocycles. The molecule has 1 unspecified atom stereocenters. The van der Waals surface area contributed by atoms with Crippen LogP contribution in [0.1, 0.15) is 61.9 Å². The highest BCUT2D eigenvalue weighted by Gasteiger charge is 2.39. The predicted octanol–water partition coefficient (Wildman–Crippen LogP) is 8.02. The van der Waals surface area contributed by atoms with Gasteiger partial charge in [-0.25, -0.2) is 4.79 Å². The van der Waals surface area contributed by atoms with E-state index in [1.165, 1.54) is 6.42 Å². The third kappa shape index (κ3) is 7.57. The molecule has 2 aromatic heterocycles. The highest BCUT2D eigenvalue weighted by atomic mass is 16.5. The van der Waals surface area contributed by atoms with Gasteiger partial charge in [0.05, 0.1) is 11.7 Å². The van der Waals surface area contributed by atoms with Crippen molar-refractivity contribution in [1.82, 2.24) is 20.6 Å². The minimum absolute atomic E-state index is 0.0151. The van der Waals surface area contributed by atoms with Gasteiger partial charge in [0.2, 0.25) is 5.91 Å². The summed E-state index contributed by atoms with van der Waals surface area (Å²) in [5.74, 6) is 1.34. The second kappa shape index (κ2) is 14.3. The summed E-state index contributed by atoms with van der Waals surface area (Å²) < 4.78 is 11.6. The fourth-order valence-electron chi connectivity index (χ4n) is 6.33. The Morgan fingerprint density at radius 2 is 1.67 bits per heavy atom. The van der Waals surface area contributed by atoms with Crippen LogP contribution in [0.5, 0.6) is 11.5 Å². The zero-order valence-electron chi connectivity index (χ0n) is 26.1. The van der Waals surface area contributed by atoms with E-state index in [0.717, 1.165) is 59.2 Å².